The van der Waals surface area contributed by atoms with Crippen molar-refractivity contribution in [3.63, 3.8) is 0 Å². The van der Waals surface area contributed by atoms with Crippen molar-refractivity contribution >= 4 is 35.6 Å². The Hall–Kier alpha value is -4.14. The van der Waals surface area contributed by atoms with Crippen molar-refractivity contribution in [2.24, 2.45) is 11.7 Å². The summed E-state index contributed by atoms with van der Waals surface area (Å²) in [5.41, 5.74) is 7.48. The number of aryl methyl sites for hydroxylation is 1. The number of hydrogen-bond donors (Lipinski definition) is 3. The van der Waals surface area contributed by atoms with Gasteiger partial charge in [0, 0.05) is 18.2 Å². The van der Waals surface area contributed by atoms with Crippen LogP contribution in [0.15, 0.2) is 55.1 Å². The summed E-state index contributed by atoms with van der Waals surface area (Å²) in [4.78, 5) is 54.9. The Bertz CT molecular complexity index is 1280. The van der Waals surface area contributed by atoms with Crippen LogP contribution in [0.3, 0.4) is 0 Å². The highest BCUT2D eigenvalue weighted by molar-refractivity contribution is 5.99. The molecule has 0 saturated carbocycles. The van der Waals surface area contributed by atoms with Crippen LogP contribution in [0.5, 0.6) is 0 Å². The first kappa shape index (κ1) is 35.1. The molecule has 0 saturated heterocycles. The monoisotopic (exact) mass is 592 g/mol. The third kappa shape index (κ3) is 11.2. The average Bonchev–Trinajstić information content (AvgIpc) is 2.92. The molecule has 2 aromatic carbocycles. The van der Waals surface area contributed by atoms with E-state index in [1.54, 1.807) is 39.0 Å². The van der Waals surface area contributed by atoms with Crippen LogP contribution in [0.1, 0.15) is 90.0 Å². The summed E-state index contributed by atoms with van der Waals surface area (Å²) < 4.78 is 5.43. The molecular weight excluding hydrogens is 544 g/mol. The number of alkyl carbamates (subject to hydrolysis) is 1. The maximum Gasteiger partial charge on any atom is 0.408 e. The fraction of sp³-hybridized carbons (Fsp3) is 0.471. The molecule has 9 heteroatoms. The molecule has 4 N–H and O–H groups in total. The maximum atomic E-state index is 14.5. The summed E-state index contributed by atoms with van der Waals surface area (Å²) in [6, 6.07) is 12.1. The van der Waals surface area contributed by atoms with Gasteiger partial charge in [0.05, 0.1) is 0 Å². The topological polar surface area (TPSA) is 131 Å². The van der Waals surface area contributed by atoms with Gasteiger partial charge in [-0.3, -0.25) is 14.4 Å². The Morgan fingerprint density at radius 2 is 1.67 bits per heavy atom. The van der Waals surface area contributed by atoms with Gasteiger partial charge in [0.2, 0.25) is 11.8 Å². The van der Waals surface area contributed by atoms with Gasteiger partial charge in [0.25, 0.3) is 5.91 Å². The van der Waals surface area contributed by atoms with E-state index < -0.39 is 47.5 Å². The second-order valence-corrected chi connectivity index (χ2v) is 12.4. The molecule has 0 aliphatic carbocycles. The fourth-order valence-corrected chi connectivity index (χ4v) is 4.69. The number of primary amides is 1. The first-order chi connectivity index (χ1) is 20.1. The number of carbonyl (C=O) groups is 4. The molecule has 0 radical (unpaired) electrons. The van der Waals surface area contributed by atoms with E-state index in [0.717, 1.165) is 17.5 Å². The second kappa shape index (κ2) is 15.9. The molecule has 3 atom stereocenters. The minimum absolute atomic E-state index is 0.0559. The van der Waals surface area contributed by atoms with E-state index in [4.69, 9.17) is 10.5 Å². The van der Waals surface area contributed by atoms with Crippen LogP contribution in [-0.4, -0.2) is 46.4 Å². The van der Waals surface area contributed by atoms with Crippen LogP contribution in [0, 0.1) is 12.8 Å². The Morgan fingerprint density at radius 1 is 1.00 bits per heavy atom. The van der Waals surface area contributed by atoms with Crippen molar-refractivity contribution in [1.82, 2.24) is 10.2 Å². The zero-order valence-electron chi connectivity index (χ0n) is 26.6. The molecule has 4 amide bonds. The van der Waals surface area contributed by atoms with E-state index in [9.17, 15) is 19.2 Å². The quantitative estimate of drug-likeness (QED) is 0.243. The smallest absolute Gasteiger partial charge is 0.408 e. The molecule has 0 aromatic heterocycles. The molecule has 3 unspecified atom stereocenters. The third-order valence-corrected chi connectivity index (χ3v) is 6.95. The molecule has 2 aromatic rings. The fourth-order valence-electron chi connectivity index (χ4n) is 4.69. The Balaban J connectivity index is 2.69. The minimum atomic E-state index is -1.17. The molecule has 0 fully saturated rings. The number of anilines is 1. The SMILES string of the molecule is C=Cc1cccc(C(C(=O)Nc2ccccc2C)N(C(=O)C(CCC(N)=O)NC(=O)OC(C)(C)C)C(C)CCC(C)C)c1. The van der Waals surface area contributed by atoms with Gasteiger partial charge >= 0.3 is 6.09 Å². The number of nitrogens with one attached hydrogen (secondary N) is 2. The van der Waals surface area contributed by atoms with Gasteiger partial charge in [-0.1, -0.05) is 62.9 Å². The van der Waals surface area contributed by atoms with Gasteiger partial charge in [-0.2, -0.15) is 0 Å². The predicted octanol–water partition coefficient (Wildman–Crippen LogP) is 6.13. The van der Waals surface area contributed by atoms with Crippen LogP contribution >= 0.6 is 0 Å². The summed E-state index contributed by atoms with van der Waals surface area (Å²) >= 11 is 0. The maximum absolute atomic E-state index is 14.5. The molecule has 0 aliphatic rings. The Morgan fingerprint density at radius 3 is 2.26 bits per heavy atom. The molecule has 0 bridgehead atoms. The Labute approximate surface area is 256 Å². The number of nitrogens with two attached hydrogens (primary N) is 1. The van der Waals surface area contributed by atoms with Crippen LogP contribution in [0.2, 0.25) is 0 Å². The van der Waals surface area contributed by atoms with E-state index in [-0.39, 0.29) is 12.8 Å². The Kier molecular flexibility index (Phi) is 13.0. The number of benzene rings is 2. The van der Waals surface area contributed by atoms with Crippen molar-refractivity contribution < 1.29 is 23.9 Å². The number of rotatable bonds is 14. The van der Waals surface area contributed by atoms with Crippen LogP contribution in [-0.2, 0) is 19.1 Å². The van der Waals surface area contributed by atoms with E-state index in [1.807, 2.05) is 50.2 Å². The van der Waals surface area contributed by atoms with E-state index in [1.165, 1.54) is 4.90 Å². The first-order valence-electron chi connectivity index (χ1n) is 14.8. The summed E-state index contributed by atoms with van der Waals surface area (Å²) in [6.07, 6.45) is 2.07. The van der Waals surface area contributed by atoms with Crippen molar-refractivity contribution in [1.29, 1.82) is 0 Å². The van der Waals surface area contributed by atoms with Gasteiger partial charge in [-0.25, -0.2) is 4.79 Å². The van der Waals surface area contributed by atoms with Crippen molar-refractivity contribution in [3.8, 4) is 0 Å². The zero-order valence-corrected chi connectivity index (χ0v) is 26.6. The number of carbonyl (C=O) groups excluding carboxylic acids is 4. The van der Waals surface area contributed by atoms with E-state index in [2.05, 4.69) is 31.1 Å². The molecule has 0 heterocycles. The van der Waals surface area contributed by atoms with Gasteiger partial charge in [-0.05, 0) is 88.6 Å². The van der Waals surface area contributed by atoms with Gasteiger partial charge in [0.1, 0.15) is 17.7 Å². The molecule has 0 spiro atoms. The van der Waals surface area contributed by atoms with Gasteiger partial charge in [-0.15, -0.1) is 0 Å². The highest BCUT2D eigenvalue weighted by atomic mass is 16.6. The average molecular weight is 593 g/mol. The lowest BCUT2D eigenvalue weighted by molar-refractivity contribution is -0.143. The number of para-hydroxylation sites is 1. The van der Waals surface area contributed by atoms with Gasteiger partial charge in [0.15, 0.2) is 0 Å². The largest absolute Gasteiger partial charge is 0.444 e. The number of hydrogen-bond acceptors (Lipinski definition) is 5. The van der Waals surface area contributed by atoms with Crippen molar-refractivity contribution in [2.45, 2.75) is 97.9 Å². The summed E-state index contributed by atoms with van der Waals surface area (Å²) in [5, 5.41) is 5.67. The van der Waals surface area contributed by atoms with Crippen LogP contribution < -0.4 is 16.4 Å². The minimum Gasteiger partial charge on any atom is -0.444 e. The summed E-state index contributed by atoms with van der Waals surface area (Å²) in [5.74, 6) is -1.19. The van der Waals surface area contributed by atoms with E-state index in [0.29, 0.717) is 23.6 Å². The standard InChI is InChI=1S/C34H48N4O5/c1-9-25-14-12-15-26(21-25)30(31(40)36-27-16-11-10-13-23(27)4)38(24(5)18-17-22(2)3)32(41)28(19-20-29(35)39)37-33(42)43-34(6,7)8/h9-16,21-22,24,28,30H,1,17-20H2,2-8H3,(H2,35,39)(H,36,40)(H,37,42). The lowest BCUT2D eigenvalue weighted by atomic mass is 9.95. The van der Waals surface area contributed by atoms with Crippen LogP contribution in [0.25, 0.3) is 6.08 Å². The molecule has 234 valence electrons. The van der Waals surface area contributed by atoms with Gasteiger partial charge < -0.3 is 26.0 Å². The highest BCUT2D eigenvalue weighted by Crippen LogP contribution is 2.30. The van der Waals surface area contributed by atoms with Crippen molar-refractivity contribution in [3.05, 3.63) is 71.8 Å². The van der Waals surface area contributed by atoms with Crippen LogP contribution in [0.4, 0.5) is 10.5 Å². The van der Waals surface area contributed by atoms with E-state index >= 15 is 0 Å². The summed E-state index contributed by atoms with van der Waals surface area (Å²) in [7, 11) is 0. The summed E-state index contributed by atoms with van der Waals surface area (Å²) in [6.45, 7) is 17.0. The first-order valence-corrected chi connectivity index (χ1v) is 14.8. The lowest BCUT2D eigenvalue weighted by Crippen LogP contribution is -2.55. The molecule has 43 heavy (non-hydrogen) atoms. The molecular formula is C34H48N4O5. The molecule has 2 rings (SSSR count). The highest BCUT2D eigenvalue weighted by Gasteiger charge is 2.39. The zero-order chi connectivity index (χ0) is 32.3. The second-order valence-electron chi connectivity index (χ2n) is 12.4. The number of ether oxygens (including phenoxy) is 1. The lowest BCUT2D eigenvalue weighted by Gasteiger charge is -2.39. The predicted molar refractivity (Wildman–Crippen MR) is 171 cm³/mol. The third-order valence-electron chi connectivity index (χ3n) is 6.95. The normalized spacial score (nSPS) is 13.4. The molecule has 0 aliphatic heterocycles. The number of amides is 4. The number of nitrogens with zero attached hydrogens (tertiary/aromatic N) is 1. The molecule has 9 nitrogen and oxygen atoms in total. The van der Waals surface area contributed by atoms with Crippen molar-refractivity contribution in [2.75, 3.05) is 5.32 Å².